The molecule has 0 saturated heterocycles. The third-order valence-electron chi connectivity index (χ3n) is 2.21. The predicted molar refractivity (Wildman–Crippen MR) is 66.0 cm³/mol. The Morgan fingerprint density at radius 3 is 2.79 bits per heavy atom. The molecule has 2 N–H and O–H groups in total. The highest BCUT2D eigenvalue weighted by atomic mass is 16.6. The first-order valence-corrected chi connectivity index (χ1v) is 5.22. The third kappa shape index (κ3) is 3.95. The van der Waals surface area contributed by atoms with E-state index >= 15 is 0 Å². The number of rotatable bonds is 6. The fourth-order valence-electron chi connectivity index (χ4n) is 1.30. The Labute approximate surface area is 108 Å². The van der Waals surface area contributed by atoms with E-state index in [1.165, 1.54) is 13.3 Å². The molecule has 0 aromatic heterocycles. The molecule has 0 spiro atoms. The highest BCUT2D eigenvalue weighted by molar-refractivity contribution is 5.86. The lowest BCUT2D eigenvalue weighted by Crippen LogP contribution is -1.98. The summed E-state index contributed by atoms with van der Waals surface area (Å²) in [5.74, 6) is -1.33. The van der Waals surface area contributed by atoms with Crippen molar-refractivity contribution in [3.05, 3.63) is 27.8 Å². The number of aliphatic carboxylic acids is 1. The second-order valence-corrected chi connectivity index (χ2v) is 3.52. The van der Waals surface area contributed by atoms with Crippen LogP contribution in [0.1, 0.15) is 12.0 Å². The van der Waals surface area contributed by atoms with Gasteiger partial charge in [-0.25, -0.2) is 0 Å². The molecule has 0 bridgehead atoms. The van der Waals surface area contributed by atoms with Crippen LogP contribution in [0.5, 0.6) is 11.5 Å². The average molecular weight is 268 g/mol. The number of methoxy groups -OCH3 is 1. The van der Waals surface area contributed by atoms with E-state index in [0.29, 0.717) is 0 Å². The molecule has 0 aliphatic carbocycles. The van der Waals surface area contributed by atoms with Crippen LogP contribution in [0.25, 0.3) is 0 Å². The van der Waals surface area contributed by atoms with Gasteiger partial charge in [0, 0.05) is 24.4 Å². The molecule has 8 nitrogen and oxygen atoms in total. The molecule has 0 unspecified atom stereocenters. The normalized spacial score (nSPS) is 10.6. The van der Waals surface area contributed by atoms with Gasteiger partial charge in [-0.15, -0.1) is 0 Å². The highest BCUT2D eigenvalue weighted by Crippen LogP contribution is 2.33. The number of phenols is 1. The molecule has 1 aromatic carbocycles. The first-order valence-electron chi connectivity index (χ1n) is 5.22. The summed E-state index contributed by atoms with van der Waals surface area (Å²) >= 11 is 0. The molecule has 0 fully saturated rings. The average Bonchev–Trinajstić information content (AvgIpc) is 2.35. The summed E-state index contributed by atoms with van der Waals surface area (Å²) in [6.07, 6.45) is 1.01. The largest absolute Gasteiger partial charge is 0.504 e. The summed E-state index contributed by atoms with van der Waals surface area (Å²) in [5, 5.41) is 28.9. The van der Waals surface area contributed by atoms with Crippen LogP contribution in [0.4, 0.5) is 5.69 Å². The van der Waals surface area contributed by atoms with Crippen LogP contribution in [-0.4, -0.2) is 41.0 Å². The standard InChI is InChI=1S/C11H12N2O6/c1-19-9-5-8(13(17)18)4-7(11(9)16)6-12-3-2-10(14)15/h4-6,16H,2-3H2,1H3,(H,14,15). The Hall–Kier alpha value is -2.64. The van der Waals surface area contributed by atoms with E-state index in [0.717, 1.165) is 12.1 Å². The molecule has 8 heteroatoms. The molecule has 0 saturated carbocycles. The third-order valence-corrected chi connectivity index (χ3v) is 2.21. The van der Waals surface area contributed by atoms with Gasteiger partial charge in [-0.3, -0.25) is 19.9 Å². The minimum Gasteiger partial charge on any atom is -0.504 e. The van der Waals surface area contributed by atoms with Crippen molar-refractivity contribution in [1.29, 1.82) is 0 Å². The van der Waals surface area contributed by atoms with Gasteiger partial charge in [0.05, 0.1) is 24.5 Å². The monoisotopic (exact) mass is 268 g/mol. The molecule has 1 aromatic rings. The molecular formula is C11H12N2O6. The van der Waals surface area contributed by atoms with Gasteiger partial charge in [-0.2, -0.15) is 0 Å². The number of aromatic hydroxyl groups is 1. The maximum atomic E-state index is 10.7. The zero-order chi connectivity index (χ0) is 14.4. The number of nitrogens with zero attached hydrogens (tertiary/aromatic N) is 2. The maximum absolute atomic E-state index is 10.7. The summed E-state index contributed by atoms with van der Waals surface area (Å²) in [4.78, 5) is 24.1. The molecule has 0 heterocycles. The molecule has 1 rings (SSSR count). The molecule has 0 atom stereocenters. The Kier molecular flexibility index (Phi) is 4.81. The second kappa shape index (κ2) is 6.34. The van der Waals surface area contributed by atoms with Crippen LogP contribution < -0.4 is 4.74 Å². The number of carbonyl (C=O) groups is 1. The molecule has 0 aliphatic rings. The summed E-state index contributed by atoms with van der Waals surface area (Å²) in [5.41, 5.74) is -0.161. The minimum atomic E-state index is -1.00. The number of ether oxygens (including phenoxy) is 1. The number of carboxylic acids is 1. The van der Waals surface area contributed by atoms with Crippen LogP contribution >= 0.6 is 0 Å². The molecule has 19 heavy (non-hydrogen) atoms. The lowest BCUT2D eigenvalue weighted by molar-refractivity contribution is -0.385. The zero-order valence-corrected chi connectivity index (χ0v) is 10.1. The van der Waals surface area contributed by atoms with Gasteiger partial charge in [0.2, 0.25) is 0 Å². The Bertz CT molecular complexity index is 526. The van der Waals surface area contributed by atoms with E-state index in [-0.39, 0.29) is 35.7 Å². The van der Waals surface area contributed by atoms with Crippen molar-refractivity contribution in [2.45, 2.75) is 6.42 Å². The van der Waals surface area contributed by atoms with E-state index in [4.69, 9.17) is 9.84 Å². The van der Waals surface area contributed by atoms with Crippen LogP contribution in [0.2, 0.25) is 0 Å². The van der Waals surface area contributed by atoms with E-state index < -0.39 is 10.9 Å². The van der Waals surface area contributed by atoms with Crippen molar-refractivity contribution in [3.8, 4) is 11.5 Å². The number of hydrogen-bond donors (Lipinski definition) is 2. The van der Waals surface area contributed by atoms with Gasteiger partial charge >= 0.3 is 5.97 Å². The molecular weight excluding hydrogens is 256 g/mol. The summed E-state index contributed by atoms with van der Waals surface area (Å²) in [7, 11) is 1.27. The van der Waals surface area contributed by atoms with Crippen molar-refractivity contribution in [2.24, 2.45) is 4.99 Å². The van der Waals surface area contributed by atoms with Crippen molar-refractivity contribution < 1.29 is 24.7 Å². The van der Waals surface area contributed by atoms with Crippen molar-refractivity contribution in [1.82, 2.24) is 0 Å². The number of hydrogen-bond acceptors (Lipinski definition) is 6. The molecule has 0 amide bonds. The number of nitro groups is 1. The number of phenolic OH excluding ortho intramolecular Hbond substituents is 1. The number of aliphatic imine (C=N–C) groups is 1. The highest BCUT2D eigenvalue weighted by Gasteiger charge is 2.15. The SMILES string of the molecule is COc1cc([N+](=O)[O-])cc(C=NCCC(=O)O)c1O. The van der Waals surface area contributed by atoms with E-state index in [1.807, 2.05) is 0 Å². The number of non-ortho nitro benzene ring substituents is 1. The van der Waals surface area contributed by atoms with Crippen LogP contribution in [-0.2, 0) is 4.79 Å². The Morgan fingerprint density at radius 2 is 2.26 bits per heavy atom. The molecule has 102 valence electrons. The van der Waals surface area contributed by atoms with Gasteiger partial charge < -0.3 is 14.9 Å². The summed E-state index contributed by atoms with van der Waals surface area (Å²) in [6.45, 7) is 0.0137. The van der Waals surface area contributed by atoms with Crippen LogP contribution in [0.3, 0.4) is 0 Å². The number of nitro benzene ring substituents is 1. The molecule has 0 radical (unpaired) electrons. The Balaban J connectivity index is 3.01. The minimum absolute atomic E-state index is 0.0137. The van der Waals surface area contributed by atoms with Gasteiger partial charge in [0.1, 0.15) is 0 Å². The maximum Gasteiger partial charge on any atom is 0.305 e. The van der Waals surface area contributed by atoms with Crippen molar-refractivity contribution in [3.63, 3.8) is 0 Å². The quantitative estimate of drug-likeness (QED) is 0.454. The Morgan fingerprint density at radius 1 is 1.58 bits per heavy atom. The van der Waals surface area contributed by atoms with Gasteiger partial charge in [-0.05, 0) is 0 Å². The first-order chi connectivity index (χ1) is 8.95. The fraction of sp³-hybridized carbons (Fsp3) is 0.273. The zero-order valence-electron chi connectivity index (χ0n) is 10.1. The van der Waals surface area contributed by atoms with Crippen molar-refractivity contribution in [2.75, 3.05) is 13.7 Å². The van der Waals surface area contributed by atoms with E-state index in [2.05, 4.69) is 4.99 Å². The predicted octanol–water partition coefficient (Wildman–Crippen LogP) is 1.20. The van der Waals surface area contributed by atoms with Gasteiger partial charge in [0.15, 0.2) is 11.5 Å². The molecule has 0 aliphatic heterocycles. The van der Waals surface area contributed by atoms with E-state index in [9.17, 15) is 20.0 Å². The van der Waals surface area contributed by atoms with Crippen molar-refractivity contribution >= 4 is 17.9 Å². The number of carboxylic acid groups (broad SMARTS) is 1. The van der Waals surface area contributed by atoms with Gasteiger partial charge in [-0.1, -0.05) is 0 Å². The summed E-state index contributed by atoms with van der Waals surface area (Å²) < 4.78 is 4.81. The second-order valence-electron chi connectivity index (χ2n) is 3.52. The van der Waals surface area contributed by atoms with Crippen LogP contribution in [0.15, 0.2) is 17.1 Å². The van der Waals surface area contributed by atoms with Crippen LogP contribution in [0, 0.1) is 10.1 Å². The smallest absolute Gasteiger partial charge is 0.305 e. The van der Waals surface area contributed by atoms with E-state index in [1.54, 1.807) is 0 Å². The topological polar surface area (TPSA) is 122 Å². The fourth-order valence-corrected chi connectivity index (χ4v) is 1.30. The van der Waals surface area contributed by atoms with Gasteiger partial charge in [0.25, 0.3) is 5.69 Å². The first kappa shape index (κ1) is 14.4. The lowest BCUT2D eigenvalue weighted by Gasteiger charge is -2.05. The summed E-state index contributed by atoms with van der Waals surface area (Å²) in [6, 6.07) is 2.21. The number of benzene rings is 1. The lowest BCUT2D eigenvalue weighted by atomic mass is 10.1.